The van der Waals surface area contributed by atoms with Gasteiger partial charge in [-0.2, -0.15) is 0 Å². The molecule has 3 heterocycles. The van der Waals surface area contributed by atoms with Gasteiger partial charge in [-0.05, 0) is 43.5 Å². The Kier molecular flexibility index (Phi) is 4.91. The lowest BCUT2D eigenvalue weighted by Crippen LogP contribution is -2.29. The highest BCUT2D eigenvalue weighted by molar-refractivity contribution is 7.17. The molecule has 1 aromatic carbocycles. The number of fused-ring (bicyclic) bond motifs is 1. The van der Waals surface area contributed by atoms with Crippen LogP contribution in [0.4, 0.5) is 11.6 Å². The maximum Gasteiger partial charge on any atom is 0.204 e. The Bertz CT molecular complexity index is 1060. The van der Waals surface area contributed by atoms with E-state index >= 15 is 0 Å². The van der Waals surface area contributed by atoms with Crippen molar-refractivity contribution in [3.05, 3.63) is 57.1 Å². The number of nitrogens with zero attached hydrogens (tertiary/aromatic N) is 2. The molecule has 0 atom stereocenters. The number of benzene rings is 1. The van der Waals surface area contributed by atoms with Gasteiger partial charge in [-0.25, -0.2) is 0 Å². The summed E-state index contributed by atoms with van der Waals surface area (Å²) in [6.45, 7) is 1.88. The van der Waals surface area contributed by atoms with Crippen LogP contribution in [0, 0.1) is 11.8 Å². The van der Waals surface area contributed by atoms with Crippen molar-refractivity contribution in [3.63, 3.8) is 0 Å². The number of thiophene rings is 1. The average molecular weight is 378 g/mol. The molecule has 2 aromatic heterocycles. The van der Waals surface area contributed by atoms with Crippen LogP contribution in [0.1, 0.15) is 30.4 Å². The summed E-state index contributed by atoms with van der Waals surface area (Å²) in [7, 11) is 4.03. The normalized spacial score (nSPS) is 14.1. The summed E-state index contributed by atoms with van der Waals surface area (Å²) < 4.78 is 6.76. The van der Waals surface area contributed by atoms with Crippen molar-refractivity contribution in [2.24, 2.45) is 0 Å². The minimum Gasteiger partial charge on any atom is -0.438 e. The number of rotatable bonds is 2. The molecule has 0 spiro atoms. The maximum absolute atomic E-state index is 12.5. The first-order valence-electron chi connectivity index (χ1n) is 9.21. The fourth-order valence-electron chi connectivity index (χ4n) is 3.27. The summed E-state index contributed by atoms with van der Waals surface area (Å²) in [5.41, 5.74) is 3.49. The maximum atomic E-state index is 12.5. The average Bonchev–Trinajstić information content (AvgIpc) is 3.11. The molecule has 0 radical (unpaired) electrons. The van der Waals surface area contributed by atoms with Gasteiger partial charge in [0, 0.05) is 49.9 Å². The minimum atomic E-state index is 0.0187. The monoisotopic (exact) mass is 378 g/mol. The molecule has 4 rings (SSSR count). The first-order valence-corrected chi connectivity index (χ1v) is 10.1. The predicted octanol–water partition coefficient (Wildman–Crippen LogP) is 4.31. The molecule has 0 saturated carbocycles. The fourth-order valence-corrected chi connectivity index (χ4v) is 4.10. The fraction of sp³-hybridized carbons (Fsp3) is 0.318. The second kappa shape index (κ2) is 7.50. The Balaban J connectivity index is 1.68. The van der Waals surface area contributed by atoms with Gasteiger partial charge in [0.1, 0.15) is 4.70 Å². The number of hydrogen-bond acceptors (Lipinski definition) is 5. The van der Waals surface area contributed by atoms with E-state index < -0.39 is 0 Å². The SMILES string of the molecule is CN(C)c1ccc(C#Cc2csc3c(=O)cc(N4CCCCC4)oc23)cc1. The summed E-state index contributed by atoms with van der Waals surface area (Å²) in [5, 5.41) is 1.91. The molecule has 0 aliphatic carbocycles. The van der Waals surface area contributed by atoms with Gasteiger partial charge < -0.3 is 14.2 Å². The van der Waals surface area contributed by atoms with Gasteiger partial charge in [0.15, 0.2) is 11.5 Å². The van der Waals surface area contributed by atoms with E-state index in [9.17, 15) is 4.79 Å². The lowest BCUT2D eigenvalue weighted by atomic mass is 10.1. The molecule has 3 aromatic rings. The molecule has 0 unspecified atom stereocenters. The largest absolute Gasteiger partial charge is 0.438 e. The van der Waals surface area contributed by atoms with Crippen molar-refractivity contribution in [2.45, 2.75) is 19.3 Å². The van der Waals surface area contributed by atoms with Crippen LogP contribution < -0.4 is 15.2 Å². The standard InChI is InChI=1S/C22H22N2O2S/c1-23(2)18-10-7-16(8-11-18)6-9-17-15-27-22-19(25)14-20(26-21(17)22)24-12-4-3-5-13-24/h7-8,10-11,14-15H,3-5,12-13H2,1-2H3. The van der Waals surface area contributed by atoms with Gasteiger partial charge in [0.25, 0.3) is 0 Å². The molecular weight excluding hydrogens is 356 g/mol. The third-order valence-corrected chi connectivity index (χ3v) is 5.80. The van der Waals surface area contributed by atoms with Crippen LogP contribution in [0.5, 0.6) is 0 Å². The summed E-state index contributed by atoms with van der Waals surface area (Å²) in [4.78, 5) is 16.7. The van der Waals surface area contributed by atoms with Crippen molar-refractivity contribution >= 4 is 33.2 Å². The third-order valence-electron chi connectivity index (χ3n) is 4.82. The molecule has 0 amide bonds. The van der Waals surface area contributed by atoms with Gasteiger partial charge in [0.2, 0.25) is 5.43 Å². The minimum absolute atomic E-state index is 0.0187. The van der Waals surface area contributed by atoms with E-state index in [0.29, 0.717) is 16.2 Å². The first-order chi connectivity index (χ1) is 13.1. The number of anilines is 2. The molecule has 1 fully saturated rings. The summed E-state index contributed by atoms with van der Waals surface area (Å²) in [5.74, 6) is 7.04. The lowest BCUT2D eigenvalue weighted by Gasteiger charge is -2.26. The molecular formula is C22H22N2O2S. The lowest BCUT2D eigenvalue weighted by molar-refractivity contribution is 0.513. The van der Waals surface area contributed by atoms with Crippen LogP contribution in [0.2, 0.25) is 0 Å². The smallest absolute Gasteiger partial charge is 0.204 e. The number of hydrogen-bond donors (Lipinski definition) is 0. The summed E-state index contributed by atoms with van der Waals surface area (Å²) >= 11 is 1.40. The zero-order chi connectivity index (χ0) is 18.8. The van der Waals surface area contributed by atoms with Crippen LogP contribution in [0.25, 0.3) is 10.3 Å². The van der Waals surface area contributed by atoms with E-state index in [-0.39, 0.29) is 5.43 Å². The Hall–Kier alpha value is -2.71. The molecule has 0 bridgehead atoms. The van der Waals surface area contributed by atoms with E-state index in [2.05, 4.69) is 21.6 Å². The van der Waals surface area contributed by atoms with E-state index in [1.54, 1.807) is 6.07 Å². The third kappa shape index (κ3) is 3.72. The molecule has 1 aliphatic rings. The van der Waals surface area contributed by atoms with Crippen molar-refractivity contribution in [3.8, 4) is 11.8 Å². The van der Waals surface area contributed by atoms with Crippen LogP contribution in [-0.2, 0) is 0 Å². The Morgan fingerprint density at radius 1 is 1.07 bits per heavy atom. The van der Waals surface area contributed by atoms with Crippen LogP contribution in [0.15, 0.2) is 44.9 Å². The summed E-state index contributed by atoms with van der Waals surface area (Å²) in [6.07, 6.45) is 3.52. The highest BCUT2D eigenvalue weighted by Gasteiger charge is 2.17. The highest BCUT2D eigenvalue weighted by atomic mass is 32.1. The summed E-state index contributed by atoms with van der Waals surface area (Å²) in [6, 6.07) is 9.73. The van der Waals surface area contributed by atoms with Gasteiger partial charge in [0.05, 0.1) is 5.56 Å². The van der Waals surface area contributed by atoms with E-state index in [1.165, 1.54) is 17.8 Å². The Morgan fingerprint density at radius 2 is 1.81 bits per heavy atom. The topological polar surface area (TPSA) is 36.7 Å². The molecule has 27 heavy (non-hydrogen) atoms. The molecule has 1 saturated heterocycles. The van der Waals surface area contributed by atoms with Crippen molar-refractivity contribution in [1.82, 2.24) is 0 Å². The van der Waals surface area contributed by atoms with Crippen molar-refractivity contribution in [1.29, 1.82) is 0 Å². The van der Waals surface area contributed by atoms with Crippen LogP contribution in [-0.4, -0.2) is 27.2 Å². The van der Waals surface area contributed by atoms with E-state index in [4.69, 9.17) is 4.42 Å². The quantitative estimate of drug-likeness (QED) is 0.623. The van der Waals surface area contributed by atoms with E-state index in [0.717, 1.165) is 42.7 Å². The Morgan fingerprint density at radius 3 is 2.52 bits per heavy atom. The van der Waals surface area contributed by atoms with E-state index in [1.807, 2.05) is 43.7 Å². The molecule has 5 heteroatoms. The van der Waals surface area contributed by atoms with Crippen molar-refractivity contribution < 1.29 is 4.42 Å². The van der Waals surface area contributed by atoms with Gasteiger partial charge in [-0.1, -0.05) is 11.8 Å². The van der Waals surface area contributed by atoms with Crippen LogP contribution in [0.3, 0.4) is 0 Å². The number of piperidine rings is 1. The molecule has 138 valence electrons. The van der Waals surface area contributed by atoms with Crippen LogP contribution >= 0.6 is 11.3 Å². The molecule has 1 aliphatic heterocycles. The van der Waals surface area contributed by atoms with Gasteiger partial charge in [-0.15, -0.1) is 11.3 Å². The highest BCUT2D eigenvalue weighted by Crippen LogP contribution is 2.28. The van der Waals surface area contributed by atoms with Crippen molar-refractivity contribution in [2.75, 3.05) is 37.0 Å². The molecule has 0 N–H and O–H groups in total. The molecule has 4 nitrogen and oxygen atoms in total. The van der Waals surface area contributed by atoms with Gasteiger partial charge in [-0.3, -0.25) is 4.79 Å². The first kappa shape index (κ1) is 17.7. The predicted molar refractivity (Wildman–Crippen MR) is 113 cm³/mol. The second-order valence-corrected chi connectivity index (χ2v) is 7.88. The van der Waals surface area contributed by atoms with Gasteiger partial charge >= 0.3 is 0 Å². The zero-order valence-corrected chi connectivity index (χ0v) is 16.4. The zero-order valence-electron chi connectivity index (χ0n) is 15.6. The Labute approximate surface area is 163 Å². The second-order valence-electron chi connectivity index (χ2n) is 7.00.